The highest BCUT2D eigenvalue weighted by atomic mass is 32.2. The monoisotopic (exact) mass is 299 g/mol. The molecule has 2 rings (SSSR count). The lowest BCUT2D eigenvalue weighted by atomic mass is 9.75. The normalized spacial score (nSPS) is 27.4. The first-order valence-corrected chi connectivity index (χ1v) is 8.26. The standard InChI is InChI=1S/C12H21N5O2S/c1-2-9-3-6-12(7-4-9,11(13)14)17-20(18,19)10-5-8-15-16-10/h5,8-9,17H,2-4,6-7H2,1H3,(H3,13,14)(H,15,16). The van der Waals surface area contributed by atoms with E-state index in [1.165, 1.54) is 12.3 Å². The fourth-order valence-electron chi connectivity index (χ4n) is 2.71. The van der Waals surface area contributed by atoms with Gasteiger partial charge in [0.1, 0.15) is 5.84 Å². The van der Waals surface area contributed by atoms with Gasteiger partial charge in [-0.1, -0.05) is 13.3 Å². The number of H-pyrrole nitrogens is 1. The van der Waals surface area contributed by atoms with E-state index in [2.05, 4.69) is 21.8 Å². The molecular weight excluding hydrogens is 278 g/mol. The van der Waals surface area contributed by atoms with Crippen molar-refractivity contribution in [2.24, 2.45) is 11.7 Å². The first-order chi connectivity index (χ1) is 9.39. The van der Waals surface area contributed by atoms with Crippen molar-refractivity contribution in [2.45, 2.75) is 49.6 Å². The van der Waals surface area contributed by atoms with E-state index in [0.29, 0.717) is 18.8 Å². The highest BCUT2D eigenvalue weighted by Crippen LogP contribution is 2.34. The number of hydrogen-bond acceptors (Lipinski definition) is 4. The molecule has 1 aromatic heterocycles. The highest BCUT2D eigenvalue weighted by molar-refractivity contribution is 7.89. The van der Waals surface area contributed by atoms with Crippen LogP contribution in [-0.2, 0) is 10.0 Å². The minimum atomic E-state index is -3.73. The molecule has 0 aromatic carbocycles. The average molecular weight is 299 g/mol. The van der Waals surface area contributed by atoms with Gasteiger partial charge < -0.3 is 5.73 Å². The number of sulfonamides is 1. The summed E-state index contributed by atoms with van der Waals surface area (Å²) >= 11 is 0. The van der Waals surface area contributed by atoms with Gasteiger partial charge in [-0.3, -0.25) is 10.5 Å². The zero-order valence-electron chi connectivity index (χ0n) is 11.5. The SMILES string of the molecule is CCC1CCC(NS(=O)(=O)c2ccn[nH]2)(C(=N)N)CC1. The molecule has 0 amide bonds. The van der Waals surface area contributed by atoms with E-state index in [-0.39, 0.29) is 10.9 Å². The van der Waals surface area contributed by atoms with Crippen molar-refractivity contribution in [1.29, 1.82) is 5.41 Å². The molecule has 0 aliphatic heterocycles. The molecule has 0 atom stereocenters. The van der Waals surface area contributed by atoms with Crippen LogP contribution in [0.3, 0.4) is 0 Å². The van der Waals surface area contributed by atoms with E-state index in [4.69, 9.17) is 11.1 Å². The van der Waals surface area contributed by atoms with Crippen LogP contribution < -0.4 is 10.5 Å². The Morgan fingerprint density at radius 3 is 2.70 bits per heavy atom. The molecule has 1 fully saturated rings. The Bertz CT molecular complexity index is 559. The Hall–Kier alpha value is -1.41. The van der Waals surface area contributed by atoms with Gasteiger partial charge in [-0.2, -0.15) is 9.82 Å². The second kappa shape index (κ2) is 5.53. The van der Waals surface area contributed by atoms with E-state index in [9.17, 15) is 8.42 Å². The smallest absolute Gasteiger partial charge is 0.258 e. The molecule has 1 aromatic rings. The Morgan fingerprint density at radius 2 is 2.25 bits per heavy atom. The van der Waals surface area contributed by atoms with Gasteiger partial charge in [0.2, 0.25) is 0 Å². The number of nitrogens with one attached hydrogen (secondary N) is 3. The second-order valence-corrected chi connectivity index (χ2v) is 7.02. The number of nitrogens with two attached hydrogens (primary N) is 1. The van der Waals surface area contributed by atoms with Crippen molar-refractivity contribution in [1.82, 2.24) is 14.9 Å². The molecular formula is C12H21N5O2S. The van der Waals surface area contributed by atoms with Gasteiger partial charge in [-0.25, -0.2) is 8.42 Å². The molecule has 0 bridgehead atoms. The maximum Gasteiger partial charge on any atom is 0.258 e. The third-order valence-corrected chi connectivity index (χ3v) is 5.61. The quantitative estimate of drug-likeness (QED) is 0.477. The number of hydrogen-bond donors (Lipinski definition) is 4. The van der Waals surface area contributed by atoms with Crippen LogP contribution in [-0.4, -0.2) is 30.0 Å². The van der Waals surface area contributed by atoms with Gasteiger partial charge in [0.05, 0.1) is 11.7 Å². The van der Waals surface area contributed by atoms with Crippen LogP contribution in [0.1, 0.15) is 39.0 Å². The Labute approximate surface area is 118 Å². The van der Waals surface area contributed by atoms with Crippen LogP contribution in [0.2, 0.25) is 0 Å². The molecule has 112 valence electrons. The van der Waals surface area contributed by atoms with Crippen molar-refractivity contribution in [2.75, 3.05) is 0 Å². The third kappa shape index (κ3) is 2.85. The molecule has 8 heteroatoms. The van der Waals surface area contributed by atoms with Gasteiger partial charge in [0, 0.05) is 0 Å². The van der Waals surface area contributed by atoms with Crippen molar-refractivity contribution in [3.63, 3.8) is 0 Å². The van der Waals surface area contributed by atoms with Gasteiger partial charge in [0.25, 0.3) is 10.0 Å². The van der Waals surface area contributed by atoms with Crippen LogP contribution in [0.4, 0.5) is 0 Å². The van der Waals surface area contributed by atoms with E-state index in [0.717, 1.165) is 19.3 Å². The zero-order chi connectivity index (χ0) is 14.8. The Balaban J connectivity index is 2.21. The summed E-state index contributed by atoms with van der Waals surface area (Å²) in [7, 11) is -3.73. The molecule has 0 saturated heterocycles. The Kier molecular flexibility index (Phi) is 4.14. The third-order valence-electron chi connectivity index (χ3n) is 4.15. The first-order valence-electron chi connectivity index (χ1n) is 6.77. The summed E-state index contributed by atoms with van der Waals surface area (Å²) in [5.74, 6) is 0.467. The first kappa shape index (κ1) is 15.0. The molecule has 20 heavy (non-hydrogen) atoms. The molecule has 0 unspecified atom stereocenters. The lowest BCUT2D eigenvalue weighted by Crippen LogP contribution is -2.58. The van der Waals surface area contributed by atoms with E-state index in [1.807, 2.05) is 0 Å². The predicted octanol–water partition coefficient (Wildman–Crippen LogP) is 0.963. The maximum atomic E-state index is 12.3. The van der Waals surface area contributed by atoms with Gasteiger partial charge in [-0.15, -0.1) is 0 Å². The lowest BCUT2D eigenvalue weighted by Gasteiger charge is -2.39. The second-order valence-electron chi connectivity index (χ2n) is 5.37. The van der Waals surface area contributed by atoms with Crippen LogP contribution in [0.5, 0.6) is 0 Å². The van der Waals surface area contributed by atoms with Crippen LogP contribution in [0.25, 0.3) is 0 Å². The van der Waals surface area contributed by atoms with E-state index >= 15 is 0 Å². The van der Waals surface area contributed by atoms with Crippen molar-refractivity contribution < 1.29 is 8.42 Å². The summed E-state index contributed by atoms with van der Waals surface area (Å²) in [6.07, 6.45) is 5.33. The molecule has 1 aliphatic carbocycles. The van der Waals surface area contributed by atoms with Crippen molar-refractivity contribution in [3.8, 4) is 0 Å². The Morgan fingerprint density at radius 1 is 1.60 bits per heavy atom. The predicted molar refractivity (Wildman–Crippen MR) is 75.8 cm³/mol. The lowest BCUT2D eigenvalue weighted by molar-refractivity contribution is 0.266. The minimum absolute atomic E-state index is 0.00394. The van der Waals surface area contributed by atoms with Crippen LogP contribution >= 0.6 is 0 Å². The molecule has 1 aliphatic rings. The molecule has 0 radical (unpaired) electrons. The molecule has 1 heterocycles. The van der Waals surface area contributed by atoms with Gasteiger partial charge in [0.15, 0.2) is 5.03 Å². The average Bonchev–Trinajstić information content (AvgIpc) is 2.93. The fourth-order valence-corrected chi connectivity index (χ4v) is 4.06. The van der Waals surface area contributed by atoms with Crippen molar-refractivity contribution in [3.05, 3.63) is 12.3 Å². The minimum Gasteiger partial charge on any atom is -0.386 e. The number of amidine groups is 1. The summed E-state index contributed by atoms with van der Waals surface area (Å²) < 4.78 is 27.2. The highest BCUT2D eigenvalue weighted by Gasteiger charge is 2.41. The van der Waals surface area contributed by atoms with E-state index in [1.54, 1.807) is 0 Å². The molecule has 5 N–H and O–H groups in total. The van der Waals surface area contributed by atoms with Gasteiger partial charge in [-0.05, 0) is 37.7 Å². The number of nitrogens with zero attached hydrogens (tertiary/aromatic N) is 1. The number of rotatable bonds is 5. The summed E-state index contributed by atoms with van der Waals surface area (Å²) in [6, 6.07) is 1.38. The zero-order valence-corrected chi connectivity index (χ0v) is 12.3. The molecule has 7 nitrogen and oxygen atoms in total. The molecule has 0 spiro atoms. The number of aromatic nitrogens is 2. The number of aromatic amines is 1. The van der Waals surface area contributed by atoms with Gasteiger partial charge >= 0.3 is 0 Å². The summed E-state index contributed by atoms with van der Waals surface area (Å²) in [5.41, 5.74) is 4.72. The van der Waals surface area contributed by atoms with Crippen LogP contribution in [0.15, 0.2) is 17.3 Å². The topological polar surface area (TPSA) is 125 Å². The van der Waals surface area contributed by atoms with Crippen molar-refractivity contribution >= 4 is 15.9 Å². The molecule has 1 saturated carbocycles. The van der Waals surface area contributed by atoms with E-state index < -0.39 is 15.6 Å². The fraction of sp³-hybridized carbons (Fsp3) is 0.667. The largest absolute Gasteiger partial charge is 0.386 e. The van der Waals surface area contributed by atoms with Crippen LogP contribution in [0, 0.1) is 11.3 Å². The summed E-state index contributed by atoms with van der Waals surface area (Å²) in [5, 5.41) is 13.9. The maximum absolute atomic E-state index is 12.3. The summed E-state index contributed by atoms with van der Waals surface area (Å²) in [6.45, 7) is 2.13. The summed E-state index contributed by atoms with van der Waals surface area (Å²) in [4.78, 5) is 0.